The Hall–Kier alpha value is -1.31. The van der Waals surface area contributed by atoms with Gasteiger partial charge in [0.25, 0.3) is 0 Å². The van der Waals surface area contributed by atoms with Crippen LogP contribution in [-0.2, 0) is 19.4 Å². The maximum atomic E-state index is 12.0. The topological polar surface area (TPSA) is 101 Å². The second kappa shape index (κ2) is 5.23. The van der Waals surface area contributed by atoms with Crippen LogP contribution in [0.2, 0.25) is 0 Å². The van der Waals surface area contributed by atoms with E-state index in [4.69, 9.17) is 4.74 Å². The Balaban J connectivity index is 2.98. The number of ether oxygens (including phenoxy) is 1. The molecule has 1 heterocycles. The van der Waals surface area contributed by atoms with Crippen LogP contribution < -0.4 is 0 Å². The number of rotatable bonds is 2. The number of likely N-dealkylation sites (N-methyl/N-ethyl adjacent to an activating group) is 1. The number of carbonyl (C=O) groups is 2. The summed E-state index contributed by atoms with van der Waals surface area (Å²) in [5.41, 5.74) is -2.26. The van der Waals surface area contributed by atoms with Crippen LogP contribution in [0.5, 0.6) is 0 Å². The third-order valence-electron chi connectivity index (χ3n) is 3.36. The molecule has 8 heteroatoms. The molecule has 1 saturated heterocycles. The summed E-state index contributed by atoms with van der Waals surface area (Å²) in [4.78, 5) is 24.6. The van der Waals surface area contributed by atoms with Gasteiger partial charge >= 0.3 is 12.1 Å². The average molecular weight is 307 g/mol. The number of nitrogens with zero attached hydrogens (tertiary/aromatic N) is 1. The first-order valence-corrected chi connectivity index (χ1v) is 8.12. The molecule has 1 aliphatic heterocycles. The van der Waals surface area contributed by atoms with Crippen LogP contribution in [0.1, 0.15) is 33.6 Å². The molecule has 0 aromatic carbocycles. The van der Waals surface area contributed by atoms with Crippen molar-refractivity contribution in [3.8, 4) is 0 Å². The normalized spacial score (nSPS) is 21.0. The fraction of sp³-hybridized carbons (Fsp3) is 0.833. The standard InChI is InChI=1S/C12H21NO6S/c1-11(2,3)19-10(16)13(4)12(9(14)15)5-7-20(17,18)8-6-12/h5-8H2,1-4H3,(H,14,15). The fourth-order valence-electron chi connectivity index (χ4n) is 2.07. The number of amides is 1. The molecule has 0 atom stereocenters. The summed E-state index contributed by atoms with van der Waals surface area (Å²) >= 11 is 0. The molecule has 0 spiro atoms. The van der Waals surface area contributed by atoms with Gasteiger partial charge < -0.3 is 9.84 Å². The Labute approximate surface area is 118 Å². The van der Waals surface area contributed by atoms with E-state index in [0.717, 1.165) is 4.90 Å². The highest BCUT2D eigenvalue weighted by molar-refractivity contribution is 7.91. The van der Waals surface area contributed by atoms with Crippen LogP contribution in [0, 0.1) is 0 Å². The maximum Gasteiger partial charge on any atom is 0.410 e. The maximum absolute atomic E-state index is 12.0. The van der Waals surface area contributed by atoms with Gasteiger partial charge in [-0.1, -0.05) is 0 Å². The van der Waals surface area contributed by atoms with Gasteiger partial charge in [0.05, 0.1) is 11.5 Å². The summed E-state index contributed by atoms with van der Waals surface area (Å²) in [7, 11) is -1.89. The summed E-state index contributed by atoms with van der Waals surface area (Å²) in [6.07, 6.45) is -1.01. The van der Waals surface area contributed by atoms with Gasteiger partial charge in [-0.05, 0) is 33.6 Å². The molecule has 0 aromatic heterocycles. The van der Waals surface area contributed by atoms with Crippen LogP contribution in [0.3, 0.4) is 0 Å². The predicted octanol–water partition coefficient (Wildman–Crippen LogP) is 0.885. The molecule has 0 aromatic rings. The number of hydrogen-bond acceptors (Lipinski definition) is 5. The highest BCUT2D eigenvalue weighted by Crippen LogP contribution is 2.30. The Morgan fingerprint density at radius 3 is 2.00 bits per heavy atom. The van der Waals surface area contributed by atoms with E-state index in [-0.39, 0.29) is 24.3 Å². The minimum Gasteiger partial charge on any atom is -0.479 e. The molecule has 0 radical (unpaired) electrons. The lowest BCUT2D eigenvalue weighted by molar-refractivity contribution is -0.151. The SMILES string of the molecule is CN(C(=O)OC(C)(C)C)C1(C(=O)O)CCS(=O)(=O)CC1. The Kier molecular flexibility index (Phi) is 4.38. The number of aliphatic carboxylic acids is 1. The first-order valence-electron chi connectivity index (χ1n) is 6.30. The summed E-state index contributed by atoms with van der Waals surface area (Å²) < 4.78 is 28.1. The van der Waals surface area contributed by atoms with Crippen molar-refractivity contribution in [3.05, 3.63) is 0 Å². The molecule has 1 aliphatic rings. The van der Waals surface area contributed by atoms with E-state index in [1.807, 2.05) is 0 Å². The zero-order chi connectivity index (χ0) is 15.8. The lowest BCUT2D eigenvalue weighted by atomic mass is 9.91. The van der Waals surface area contributed by atoms with Gasteiger partial charge in [0.1, 0.15) is 11.1 Å². The third-order valence-corrected chi connectivity index (χ3v) is 5.01. The zero-order valence-corrected chi connectivity index (χ0v) is 13.0. The summed E-state index contributed by atoms with van der Waals surface area (Å²) in [6, 6.07) is 0. The monoisotopic (exact) mass is 307 g/mol. The lowest BCUT2D eigenvalue weighted by Crippen LogP contribution is -2.59. The van der Waals surface area contributed by atoms with Gasteiger partial charge in [0.2, 0.25) is 0 Å². The molecule has 116 valence electrons. The second-order valence-corrected chi connectivity index (χ2v) is 8.33. The van der Waals surface area contributed by atoms with Crippen LogP contribution >= 0.6 is 0 Å². The second-order valence-electron chi connectivity index (χ2n) is 6.03. The van der Waals surface area contributed by atoms with Gasteiger partial charge in [0.15, 0.2) is 9.84 Å². The molecular weight excluding hydrogens is 286 g/mol. The number of carbonyl (C=O) groups excluding carboxylic acids is 1. The lowest BCUT2D eigenvalue weighted by Gasteiger charge is -2.40. The van der Waals surface area contributed by atoms with Crippen molar-refractivity contribution in [2.45, 2.75) is 44.8 Å². The van der Waals surface area contributed by atoms with Crippen LogP contribution in [0.15, 0.2) is 0 Å². The minimum absolute atomic E-state index is 0.125. The number of carboxylic acid groups (broad SMARTS) is 1. The van der Waals surface area contributed by atoms with Crippen LogP contribution in [0.4, 0.5) is 4.79 Å². The van der Waals surface area contributed by atoms with Crippen LogP contribution in [-0.4, -0.2) is 60.2 Å². The van der Waals surface area contributed by atoms with Gasteiger partial charge in [-0.15, -0.1) is 0 Å². The average Bonchev–Trinajstić information content (AvgIpc) is 2.26. The van der Waals surface area contributed by atoms with Gasteiger partial charge in [-0.3, -0.25) is 4.90 Å². The Bertz CT molecular complexity index is 491. The van der Waals surface area contributed by atoms with Crippen molar-refractivity contribution in [1.29, 1.82) is 0 Å². The third kappa shape index (κ3) is 3.62. The highest BCUT2D eigenvalue weighted by atomic mass is 32.2. The van der Waals surface area contributed by atoms with Crippen molar-refractivity contribution in [2.75, 3.05) is 18.6 Å². The largest absolute Gasteiger partial charge is 0.479 e. The quantitative estimate of drug-likeness (QED) is 0.813. The first kappa shape index (κ1) is 16.7. The Morgan fingerprint density at radius 1 is 1.20 bits per heavy atom. The highest BCUT2D eigenvalue weighted by Gasteiger charge is 2.49. The molecule has 1 fully saturated rings. The molecule has 1 amide bonds. The van der Waals surface area contributed by atoms with Crippen molar-refractivity contribution in [3.63, 3.8) is 0 Å². The summed E-state index contributed by atoms with van der Waals surface area (Å²) in [5.74, 6) is -1.69. The van der Waals surface area contributed by atoms with Crippen molar-refractivity contribution >= 4 is 21.9 Å². The van der Waals surface area contributed by atoms with Gasteiger partial charge in [-0.2, -0.15) is 0 Å². The molecule has 0 unspecified atom stereocenters. The Morgan fingerprint density at radius 2 is 1.65 bits per heavy atom. The summed E-state index contributed by atoms with van der Waals surface area (Å²) in [5, 5.41) is 9.43. The van der Waals surface area contributed by atoms with Gasteiger partial charge in [0, 0.05) is 7.05 Å². The van der Waals surface area contributed by atoms with E-state index in [2.05, 4.69) is 0 Å². The van der Waals surface area contributed by atoms with Crippen molar-refractivity contribution < 1.29 is 27.9 Å². The molecule has 0 aliphatic carbocycles. The molecular formula is C12H21NO6S. The molecule has 1 rings (SSSR count). The van der Waals surface area contributed by atoms with E-state index in [0.29, 0.717) is 0 Å². The van der Waals surface area contributed by atoms with Crippen LogP contribution in [0.25, 0.3) is 0 Å². The summed E-state index contributed by atoms with van der Waals surface area (Å²) in [6.45, 7) is 5.03. The molecule has 0 saturated carbocycles. The predicted molar refractivity (Wildman–Crippen MR) is 72.3 cm³/mol. The smallest absolute Gasteiger partial charge is 0.410 e. The number of carboxylic acids is 1. The molecule has 20 heavy (non-hydrogen) atoms. The zero-order valence-electron chi connectivity index (χ0n) is 12.2. The van der Waals surface area contributed by atoms with Crippen molar-refractivity contribution in [2.24, 2.45) is 0 Å². The number of hydrogen-bond donors (Lipinski definition) is 1. The van der Waals surface area contributed by atoms with Crippen molar-refractivity contribution in [1.82, 2.24) is 4.90 Å². The molecule has 7 nitrogen and oxygen atoms in total. The fourth-order valence-corrected chi connectivity index (χ4v) is 3.58. The minimum atomic E-state index is -3.22. The van der Waals surface area contributed by atoms with Gasteiger partial charge in [-0.25, -0.2) is 18.0 Å². The van der Waals surface area contributed by atoms with E-state index in [9.17, 15) is 23.1 Å². The first-order chi connectivity index (χ1) is 8.90. The van der Waals surface area contributed by atoms with E-state index < -0.39 is 33.0 Å². The van der Waals surface area contributed by atoms with E-state index in [1.165, 1.54) is 7.05 Å². The molecule has 1 N–H and O–H groups in total. The molecule has 0 bridgehead atoms. The van der Waals surface area contributed by atoms with E-state index >= 15 is 0 Å². The number of sulfone groups is 1. The van der Waals surface area contributed by atoms with E-state index in [1.54, 1.807) is 20.8 Å².